The van der Waals surface area contributed by atoms with Gasteiger partial charge in [0, 0.05) is 33.1 Å². The number of fused-ring (bicyclic) bond motifs is 6. The normalized spacial score (nSPS) is 11.1. The van der Waals surface area contributed by atoms with Crippen LogP contribution in [0.5, 0.6) is 0 Å². The topological polar surface area (TPSA) is 42.4 Å². The van der Waals surface area contributed by atoms with Crippen molar-refractivity contribution in [1.29, 1.82) is 5.26 Å². The van der Waals surface area contributed by atoms with Gasteiger partial charge in [0.1, 0.15) is 0 Å². The second kappa shape index (κ2) is 11.4. The molecule has 0 aliphatic rings. The van der Waals surface area contributed by atoms with Gasteiger partial charge in [0.15, 0.2) is 5.69 Å². The number of nitrogens with zero attached hydrogens (tertiary/aromatic N) is 5. The first-order valence-corrected chi connectivity index (χ1v) is 16.2. The fourth-order valence-electron chi connectivity index (χ4n) is 7.45. The zero-order chi connectivity index (χ0) is 33.8. The molecule has 0 unspecified atom stereocenters. The fourth-order valence-corrected chi connectivity index (χ4v) is 7.45. The molecule has 0 atom stereocenters. The van der Waals surface area contributed by atoms with Crippen LogP contribution in [-0.4, -0.2) is 9.13 Å². The van der Waals surface area contributed by atoms with Gasteiger partial charge in [-0.3, -0.25) is 0 Å². The van der Waals surface area contributed by atoms with Gasteiger partial charge in [-0.2, -0.15) is 5.26 Å². The van der Waals surface area contributed by atoms with Gasteiger partial charge in [0.2, 0.25) is 5.69 Å². The molecular formula is C45H25N5. The maximum atomic E-state index is 9.70. The van der Waals surface area contributed by atoms with Gasteiger partial charge in [0.25, 0.3) is 0 Å². The molecule has 0 amide bonds. The number of rotatable bonds is 4. The van der Waals surface area contributed by atoms with Gasteiger partial charge in [-0.05, 0) is 70.6 Å². The van der Waals surface area contributed by atoms with Crippen molar-refractivity contribution in [1.82, 2.24) is 9.13 Å². The lowest BCUT2D eigenvalue weighted by molar-refractivity contribution is 1.18. The van der Waals surface area contributed by atoms with Crippen molar-refractivity contribution in [2.45, 2.75) is 0 Å². The number of para-hydroxylation sites is 3. The number of hydrogen-bond acceptors (Lipinski definition) is 1. The highest BCUT2D eigenvalue weighted by Gasteiger charge is 2.20. The van der Waals surface area contributed by atoms with Crippen molar-refractivity contribution in [2.75, 3.05) is 0 Å². The minimum atomic E-state index is 0.546. The second-order valence-corrected chi connectivity index (χ2v) is 12.2. The van der Waals surface area contributed by atoms with E-state index in [-0.39, 0.29) is 0 Å². The Hall–Kier alpha value is -7.39. The van der Waals surface area contributed by atoms with Crippen molar-refractivity contribution in [3.05, 3.63) is 180 Å². The third-order valence-electron chi connectivity index (χ3n) is 9.58. The highest BCUT2D eigenvalue weighted by Crippen LogP contribution is 2.43. The standard InChI is InChI=1S/C45H25N5/c1-47-31-22-23-37(44(27-31)50-42-20-8-6-16-36(42)39-25-29(28-46)21-24-43(39)50)34-14-4-3-13-33(34)30-11-9-12-32(26-30)49-41-19-7-5-15-35(41)38-17-10-18-40(48-2)45(38)49/h3-27H. The smallest absolute Gasteiger partial charge is 0.211 e. The van der Waals surface area contributed by atoms with Gasteiger partial charge in [-0.25, -0.2) is 9.69 Å². The summed E-state index contributed by atoms with van der Waals surface area (Å²) in [4.78, 5) is 7.72. The maximum Gasteiger partial charge on any atom is 0.211 e. The Morgan fingerprint density at radius 1 is 0.500 bits per heavy atom. The van der Waals surface area contributed by atoms with E-state index >= 15 is 0 Å². The molecule has 5 nitrogen and oxygen atoms in total. The molecule has 50 heavy (non-hydrogen) atoms. The maximum absolute atomic E-state index is 9.70. The van der Waals surface area contributed by atoms with Gasteiger partial charge in [-0.15, -0.1) is 0 Å². The molecule has 0 aliphatic carbocycles. The summed E-state index contributed by atoms with van der Waals surface area (Å²) in [5.74, 6) is 0. The molecule has 9 rings (SSSR count). The molecule has 230 valence electrons. The second-order valence-electron chi connectivity index (χ2n) is 12.2. The van der Waals surface area contributed by atoms with Crippen LogP contribution in [0, 0.1) is 24.5 Å². The number of benzene rings is 7. The van der Waals surface area contributed by atoms with E-state index < -0.39 is 0 Å². The predicted octanol–water partition coefficient (Wildman–Crippen LogP) is 12.2. The van der Waals surface area contributed by atoms with Crippen molar-refractivity contribution >= 4 is 55.0 Å². The highest BCUT2D eigenvalue weighted by molar-refractivity contribution is 6.13. The summed E-state index contributed by atoms with van der Waals surface area (Å²) < 4.78 is 4.42. The molecule has 0 aliphatic heterocycles. The summed E-state index contributed by atoms with van der Waals surface area (Å²) in [5, 5.41) is 13.9. The average Bonchev–Trinajstić information content (AvgIpc) is 3.70. The first-order valence-electron chi connectivity index (χ1n) is 16.2. The van der Waals surface area contributed by atoms with Crippen LogP contribution >= 0.6 is 0 Å². The first kappa shape index (κ1) is 28.8. The molecule has 2 heterocycles. The van der Waals surface area contributed by atoms with Crippen LogP contribution in [0.25, 0.3) is 86.9 Å². The van der Waals surface area contributed by atoms with Gasteiger partial charge in [0.05, 0.1) is 46.8 Å². The SMILES string of the molecule is [C-]#[N+]c1ccc(-c2ccccc2-c2cccc(-n3c4ccccc4c4cccc([N+]#[C-])c43)c2)c(-n2c3ccccc3c3cc(C#N)ccc32)c1. The molecule has 0 N–H and O–H groups in total. The Bertz CT molecular complexity index is 2970. The molecule has 9 aromatic rings. The van der Waals surface area contributed by atoms with Crippen LogP contribution in [0.3, 0.4) is 0 Å². The van der Waals surface area contributed by atoms with Crippen LogP contribution in [0.4, 0.5) is 11.4 Å². The lowest BCUT2D eigenvalue weighted by Gasteiger charge is -2.18. The Labute approximate surface area is 288 Å². The van der Waals surface area contributed by atoms with Crippen molar-refractivity contribution < 1.29 is 0 Å². The predicted molar refractivity (Wildman–Crippen MR) is 203 cm³/mol. The van der Waals surface area contributed by atoms with Gasteiger partial charge in [-0.1, -0.05) is 103 Å². The molecule has 0 radical (unpaired) electrons. The van der Waals surface area contributed by atoms with Crippen LogP contribution in [-0.2, 0) is 0 Å². The zero-order valence-corrected chi connectivity index (χ0v) is 26.7. The van der Waals surface area contributed by atoms with Crippen LogP contribution in [0.2, 0.25) is 0 Å². The van der Waals surface area contributed by atoms with Gasteiger partial charge >= 0.3 is 0 Å². The van der Waals surface area contributed by atoms with Crippen LogP contribution < -0.4 is 0 Å². The first-order chi connectivity index (χ1) is 24.7. The zero-order valence-electron chi connectivity index (χ0n) is 26.7. The molecule has 5 heteroatoms. The summed E-state index contributed by atoms with van der Waals surface area (Å²) in [6.07, 6.45) is 0. The van der Waals surface area contributed by atoms with E-state index in [9.17, 15) is 5.26 Å². The monoisotopic (exact) mass is 635 g/mol. The van der Waals surface area contributed by atoms with E-state index in [2.05, 4.69) is 104 Å². The minimum Gasteiger partial charge on any atom is -0.319 e. The summed E-state index contributed by atoms with van der Waals surface area (Å²) in [6.45, 7) is 15.9. The summed E-state index contributed by atoms with van der Waals surface area (Å²) >= 11 is 0. The number of hydrogen-bond donors (Lipinski definition) is 0. The molecule has 0 spiro atoms. The minimum absolute atomic E-state index is 0.546. The molecule has 7 aromatic carbocycles. The van der Waals surface area contributed by atoms with Crippen LogP contribution in [0.15, 0.2) is 152 Å². The van der Waals surface area contributed by atoms with E-state index in [4.69, 9.17) is 13.1 Å². The quantitative estimate of drug-likeness (QED) is 0.177. The summed E-state index contributed by atoms with van der Waals surface area (Å²) in [6, 6.07) is 53.3. The molecule has 0 fully saturated rings. The Morgan fingerprint density at radius 2 is 1.18 bits per heavy atom. The van der Waals surface area contributed by atoms with E-state index in [0.717, 1.165) is 77.2 Å². The number of nitriles is 1. The molecule has 2 aromatic heterocycles. The van der Waals surface area contributed by atoms with E-state index in [0.29, 0.717) is 16.9 Å². The van der Waals surface area contributed by atoms with E-state index in [1.807, 2.05) is 72.8 Å². The van der Waals surface area contributed by atoms with E-state index in [1.54, 1.807) is 0 Å². The Kier molecular flexibility index (Phi) is 6.56. The summed E-state index contributed by atoms with van der Waals surface area (Å²) in [5.41, 5.74) is 11.6. The third kappa shape index (κ3) is 4.31. The average molecular weight is 636 g/mol. The fraction of sp³-hybridized carbons (Fsp3) is 0. The van der Waals surface area contributed by atoms with E-state index in [1.165, 1.54) is 0 Å². The largest absolute Gasteiger partial charge is 0.319 e. The lowest BCUT2D eigenvalue weighted by Crippen LogP contribution is -1.99. The molecule has 0 saturated carbocycles. The van der Waals surface area contributed by atoms with Crippen molar-refractivity contribution in [3.8, 4) is 39.7 Å². The summed E-state index contributed by atoms with van der Waals surface area (Å²) in [7, 11) is 0. The molecular weight excluding hydrogens is 611 g/mol. The third-order valence-corrected chi connectivity index (χ3v) is 9.58. The number of aromatic nitrogens is 2. The molecule has 0 saturated heterocycles. The van der Waals surface area contributed by atoms with Crippen molar-refractivity contribution in [2.24, 2.45) is 0 Å². The molecule has 0 bridgehead atoms. The Morgan fingerprint density at radius 3 is 1.96 bits per heavy atom. The van der Waals surface area contributed by atoms with Crippen LogP contribution in [0.1, 0.15) is 5.56 Å². The van der Waals surface area contributed by atoms with Crippen molar-refractivity contribution in [3.63, 3.8) is 0 Å². The lowest BCUT2D eigenvalue weighted by atomic mass is 9.93. The highest BCUT2D eigenvalue weighted by atomic mass is 15.0. The Balaban J connectivity index is 1.29. The van der Waals surface area contributed by atoms with Gasteiger partial charge < -0.3 is 9.13 Å².